The Hall–Kier alpha value is -16.7. The first-order valence-electron chi connectivity index (χ1n) is 43.4. The molecule has 0 aliphatic rings. The van der Waals surface area contributed by atoms with E-state index in [0.717, 1.165) is 45.5 Å². The van der Waals surface area contributed by atoms with Crippen LogP contribution in [-0.4, -0.2) is 9.13 Å². The first-order valence-corrected chi connectivity index (χ1v) is 43.4. The number of rotatable bonds is 13. The van der Waals surface area contributed by atoms with Crippen molar-refractivity contribution in [3.63, 3.8) is 0 Å². The zero-order valence-electron chi connectivity index (χ0n) is 69.0. The zero-order valence-corrected chi connectivity index (χ0v) is 69.0. The van der Waals surface area contributed by atoms with Crippen molar-refractivity contribution in [3.8, 4) is 67.0 Å². The Balaban J connectivity index is 0.000000142. The van der Waals surface area contributed by atoms with Crippen molar-refractivity contribution >= 4 is 164 Å². The molecule has 588 valence electrons. The molecular formula is C122H80N4. The van der Waals surface area contributed by atoms with Crippen LogP contribution in [0.4, 0.5) is 34.1 Å². The monoisotopic (exact) mass is 1600 g/mol. The molecular weight excluding hydrogens is 1520 g/mol. The van der Waals surface area contributed by atoms with Gasteiger partial charge in [-0.3, -0.25) is 0 Å². The molecule has 2 aromatic heterocycles. The molecule has 2 heterocycles. The molecule has 0 aliphatic heterocycles. The van der Waals surface area contributed by atoms with E-state index in [-0.39, 0.29) is 0 Å². The highest BCUT2D eigenvalue weighted by Gasteiger charge is 2.26. The molecule has 0 spiro atoms. The van der Waals surface area contributed by atoms with Crippen LogP contribution in [0.25, 0.3) is 197 Å². The number of nitrogens with zero attached hydrogens (tertiary/aromatic N) is 4. The van der Waals surface area contributed by atoms with Crippen molar-refractivity contribution in [2.75, 3.05) is 9.80 Å². The van der Waals surface area contributed by atoms with E-state index in [1.165, 1.54) is 185 Å². The maximum Gasteiger partial charge on any atom is 0.0546 e. The molecule has 25 aromatic rings. The molecule has 0 radical (unpaired) electrons. The van der Waals surface area contributed by atoms with E-state index >= 15 is 0 Å². The van der Waals surface area contributed by atoms with Gasteiger partial charge in [0, 0.05) is 66.4 Å². The van der Waals surface area contributed by atoms with Crippen LogP contribution in [-0.2, 0) is 0 Å². The molecule has 0 amide bonds. The molecule has 25 rings (SSSR count). The quantitative estimate of drug-likeness (QED) is 0.107. The molecule has 0 unspecified atom stereocenters. The van der Waals surface area contributed by atoms with E-state index in [0.29, 0.717) is 0 Å². The van der Waals surface area contributed by atoms with Crippen molar-refractivity contribution in [3.05, 3.63) is 485 Å². The summed E-state index contributed by atoms with van der Waals surface area (Å²) in [7, 11) is 0. The molecule has 4 nitrogen and oxygen atoms in total. The highest BCUT2D eigenvalue weighted by Crippen LogP contribution is 2.52. The normalized spacial score (nSPS) is 11.7. The van der Waals surface area contributed by atoms with Crippen molar-refractivity contribution in [1.82, 2.24) is 9.13 Å². The number of fused-ring (bicyclic) bond motifs is 18. The smallest absolute Gasteiger partial charge is 0.0546 e. The van der Waals surface area contributed by atoms with Crippen LogP contribution < -0.4 is 9.80 Å². The van der Waals surface area contributed by atoms with E-state index in [1.807, 2.05) is 0 Å². The first-order chi connectivity index (χ1) is 62.6. The maximum absolute atomic E-state index is 2.46. The summed E-state index contributed by atoms with van der Waals surface area (Å²) in [5, 5.41) is 24.8. The van der Waals surface area contributed by atoms with Crippen LogP contribution in [0, 0.1) is 0 Å². The van der Waals surface area contributed by atoms with E-state index in [1.54, 1.807) is 0 Å². The minimum Gasteiger partial charge on any atom is -0.310 e. The first kappa shape index (κ1) is 73.3. The lowest BCUT2D eigenvalue weighted by atomic mass is 9.85. The van der Waals surface area contributed by atoms with Gasteiger partial charge in [0.15, 0.2) is 0 Å². The van der Waals surface area contributed by atoms with Crippen molar-refractivity contribution in [2.24, 2.45) is 0 Å². The molecule has 0 saturated carbocycles. The van der Waals surface area contributed by atoms with E-state index in [9.17, 15) is 0 Å². The Morgan fingerprint density at radius 2 is 0.413 bits per heavy atom. The van der Waals surface area contributed by atoms with Gasteiger partial charge in [0.2, 0.25) is 0 Å². The van der Waals surface area contributed by atoms with Gasteiger partial charge in [0.1, 0.15) is 0 Å². The lowest BCUT2D eigenvalue weighted by Gasteiger charge is -2.28. The summed E-state index contributed by atoms with van der Waals surface area (Å²) in [5.41, 5.74) is 25.8. The summed E-state index contributed by atoms with van der Waals surface area (Å²) in [6.45, 7) is 0. The largest absolute Gasteiger partial charge is 0.310 e. The van der Waals surface area contributed by atoms with Gasteiger partial charge in [-0.15, -0.1) is 0 Å². The average Bonchev–Trinajstić information content (AvgIpc) is 1.35. The van der Waals surface area contributed by atoms with Crippen molar-refractivity contribution < 1.29 is 0 Å². The van der Waals surface area contributed by atoms with Gasteiger partial charge in [-0.1, -0.05) is 370 Å². The zero-order chi connectivity index (χ0) is 83.1. The van der Waals surface area contributed by atoms with Crippen molar-refractivity contribution in [1.29, 1.82) is 0 Å². The number of anilines is 6. The van der Waals surface area contributed by atoms with Crippen LogP contribution in [0.3, 0.4) is 0 Å². The third-order valence-electron chi connectivity index (χ3n) is 25.8. The molecule has 0 saturated heterocycles. The predicted octanol–water partition coefficient (Wildman–Crippen LogP) is 34.1. The standard InChI is InChI=1S/C64H42N2.C58H38N2/c1-3-18-44(19-4-1)63-57-31-13-10-27-53(57)54-28-11-14-32-58(54)64(63)47-21-17-24-50(40-47)65(62-42-46-20-7-8-25-51(46)52-26-9-12-29-55(52)62)49-37-34-43(35-38-49)45-36-39-61-59(41-45)56-30-15-16-33-60(56)66(61)48-22-5-2-6-23-48;1-2-17-39(18-3-1)57-52-29-10-7-24-47(52)48-25-8-11-30-53(48)58(57)41-20-16-21-44(37-41)59(56-38-40-19-4-5-22-45(40)46-23-6-9-26-49(46)56)42-33-35-43(36-34-42)60-54-31-14-12-27-50(54)51-28-13-15-32-55(51)60/h1-42H;1-38H. The SMILES string of the molecule is c1ccc(-c2c(-c3cccc(N(c4ccc(-c5ccc6c(c5)c5ccccc5n6-c5ccccc5)cc4)c4cc5ccccc5c5ccccc45)c3)c3ccccc3c3ccccc23)cc1.c1ccc(-c2c(-c3cccc(N(c4ccc(-n5c6ccccc6c6ccccc65)cc4)c4cc5ccccc5c5ccccc45)c3)c3ccccc3c3ccccc23)cc1. The van der Waals surface area contributed by atoms with E-state index < -0.39 is 0 Å². The summed E-state index contributed by atoms with van der Waals surface area (Å²) < 4.78 is 4.77. The Morgan fingerprint density at radius 1 is 0.135 bits per heavy atom. The minimum absolute atomic E-state index is 1.09. The molecule has 23 aromatic carbocycles. The highest BCUT2D eigenvalue weighted by atomic mass is 15.2. The summed E-state index contributed by atoms with van der Waals surface area (Å²) >= 11 is 0. The fourth-order valence-corrected chi connectivity index (χ4v) is 20.3. The maximum atomic E-state index is 2.46. The molecule has 4 heteroatoms. The number of hydrogen-bond donors (Lipinski definition) is 0. The highest BCUT2D eigenvalue weighted by molar-refractivity contribution is 6.25. The van der Waals surface area contributed by atoms with Crippen LogP contribution in [0.2, 0.25) is 0 Å². The van der Waals surface area contributed by atoms with Gasteiger partial charge >= 0.3 is 0 Å². The van der Waals surface area contributed by atoms with E-state index in [4.69, 9.17) is 0 Å². The average molecular weight is 1600 g/mol. The van der Waals surface area contributed by atoms with Crippen LogP contribution in [0.15, 0.2) is 485 Å². The lowest BCUT2D eigenvalue weighted by molar-refractivity contribution is 1.17. The third-order valence-corrected chi connectivity index (χ3v) is 25.8. The number of aromatic nitrogens is 2. The Kier molecular flexibility index (Phi) is 17.9. The van der Waals surface area contributed by atoms with Gasteiger partial charge < -0.3 is 18.9 Å². The molecule has 0 atom stereocenters. The Bertz CT molecular complexity index is 8530. The molecule has 0 N–H and O–H groups in total. The van der Waals surface area contributed by atoms with Crippen LogP contribution >= 0.6 is 0 Å². The third kappa shape index (κ3) is 12.4. The van der Waals surface area contributed by atoms with Gasteiger partial charge in [0.25, 0.3) is 0 Å². The lowest BCUT2D eigenvalue weighted by Crippen LogP contribution is -2.11. The van der Waals surface area contributed by atoms with Gasteiger partial charge in [-0.05, 0) is 246 Å². The molecule has 0 aliphatic carbocycles. The summed E-state index contributed by atoms with van der Waals surface area (Å²) in [6.07, 6.45) is 0. The fraction of sp³-hybridized carbons (Fsp3) is 0. The van der Waals surface area contributed by atoms with Crippen LogP contribution in [0.1, 0.15) is 0 Å². The minimum atomic E-state index is 1.09. The van der Waals surface area contributed by atoms with Crippen molar-refractivity contribution in [2.45, 2.75) is 0 Å². The second kappa shape index (κ2) is 30.8. The number of hydrogen-bond acceptors (Lipinski definition) is 2. The Labute approximate surface area is 730 Å². The second-order valence-electron chi connectivity index (χ2n) is 32.9. The summed E-state index contributed by atoms with van der Waals surface area (Å²) in [4.78, 5) is 4.92. The van der Waals surface area contributed by atoms with Gasteiger partial charge in [-0.25, -0.2) is 0 Å². The number of para-hydroxylation sites is 4. The second-order valence-corrected chi connectivity index (χ2v) is 32.9. The van der Waals surface area contributed by atoms with Gasteiger partial charge in [0.05, 0.1) is 33.4 Å². The molecule has 0 bridgehead atoms. The molecule has 126 heavy (non-hydrogen) atoms. The molecule has 0 fully saturated rings. The summed E-state index contributed by atoms with van der Waals surface area (Å²) in [5.74, 6) is 0. The predicted molar refractivity (Wildman–Crippen MR) is 538 cm³/mol. The number of benzene rings is 23. The van der Waals surface area contributed by atoms with Gasteiger partial charge in [-0.2, -0.15) is 0 Å². The fourth-order valence-electron chi connectivity index (χ4n) is 20.3. The van der Waals surface area contributed by atoms with E-state index in [2.05, 4.69) is 504 Å². The summed E-state index contributed by atoms with van der Waals surface area (Å²) in [6, 6.07) is 178. The van der Waals surface area contributed by atoms with Crippen LogP contribution in [0.5, 0.6) is 0 Å². The Morgan fingerprint density at radius 3 is 0.817 bits per heavy atom. The topological polar surface area (TPSA) is 16.3 Å².